The van der Waals surface area contributed by atoms with E-state index in [2.05, 4.69) is 39.7 Å². The minimum atomic E-state index is -0.331. The van der Waals surface area contributed by atoms with Gasteiger partial charge in [-0.1, -0.05) is 29.8 Å². The molecule has 0 radical (unpaired) electrons. The topological polar surface area (TPSA) is 76.1 Å². The van der Waals surface area contributed by atoms with Crippen LogP contribution in [-0.4, -0.2) is 23.0 Å². The minimum Gasteiger partial charge on any atom is -0.495 e. The van der Waals surface area contributed by atoms with Crippen LogP contribution in [0, 0.1) is 20.8 Å². The van der Waals surface area contributed by atoms with E-state index in [1.54, 1.807) is 25.3 Å². The Morgan fingerprint density at radius 2 is 1.70 bits per heavy atom. The third kappa shape index (κ3) is 4.23. The van der Waals surface area contributed by atoms with Gasteiger partial charge in [-0.25, -0.2) is 9.97 Å². The van der Waals surface area contributed by atoms with Crippen LogP contribution in [-0.2, 0) is 0 Å². The fourth-order valence-corrected chi connectivity index (χ4v) is 2.99. The fourth-order valence-electron chi connectivity index (χ4n) is 2.99. The monoisotopic (exact) mass is 362 g/mol. The number of carbonyl (C=O) groups is 1. The number of benzene rings is 2. The molecule has 0 aliphatic rings. The zero-order valence-electron chi connectivity index (χ0n) is 15.8. The van der Waals surface area contributed by atoms with Gasteiger partial charge in [-0.2, -0.15) is 0 Å². The van der Waals surface area contributed by atoms with Gasteiger partial charge in [0.2, 0.25) is 0 Å². The second kappa shape index (κ2) is 7.86. The van der Waals surface area contributed by atoms with Crippen LogP contribution in [0.2, 0.25) is 0 Å². The van der Waals surface area contributed by atoms with Crippen molar-refractivity contribution in [3.63, 3.8) is 0 Å². The molecule has 3 rings (SSSR count). The molecule has 1 aromatic heterocycles. The number of hydrogen-bond donors (Lipinski definition) is 2. The van der Waals surface area contributed by atoms with Crippen LogP contribution < -0.4 is 15.4 Å². The Kier molecular flexibility index (Phi) is 5.35. The van der Waals surface area contributed by atoms with Gasteiger partial charge >= 0.3 is 0 Å². The second-order valence-electron chi connectivity index (χ2n) is 6.34. The van der Waals surface area contributed by atoms with Crippen molar-refractivity contribution in [3.05, 3.63) is 71.2 Å². The van der Waals surface area contributed by atoms with Crippen molar-refractivity contribution in [2.45, 2.75) is 20.8 Å². The van der Waals surface area contributed by atoms with E-state index in [1.807, 2.05) is 26.0 Å². The van der Waals surface area contributed by atoms with E-state index in [-0.39, 0.29) is 11.6 Å². The first kappa shape index (κ1) is 18.4. The van der Waals surface area contributed by atoms with Crippen LogP contribution in [0.4, 0.5) is 17.2 Å². The van der Waals surface area contributed by atoms with Crippen molar-refractivity contribution in [2.24, 2.45) is 0 Å². The molecule has 0 spiro atoms. The van der Waals surface area contributed by atoms with Crippen molar-refractivity contribution < 1.29 is 9.53 Å². The number of aryl methyl sites for hydroxylation is 3. The van der Waals surface area contributed by atoms with Gasteiger partial charge in [0.05, 0.1) is 12.8 Å². The Morgan fingerprint density at radius 1 is 1.00 bits per heavy atom. The van der Waals surface area contributed by atoms with Crippen LogP contribution in [0.3, 0.4) is 0 Å². The third-order valence-electron chi connectivity index (χ3n) is 4.18. The number of nitrogens with one attached hydrogen (secondary N) is 2. The lowest BCUT2D eigenvalue weighted by atomic mass is 10.1. The van der Waals surface area contributed by atoms with E-state index in [4.69, 9.17) is 4.74 Å². The van der Waals surface area contributed by atoms with Crippen LogP contribution in [0.15, 0.2) is 48.8 Å². The Morgan fingerprint density at radius 3 is 2.41 bits per heavy atom. The zero-order valence-corrected chi connectivity index (χ0v) is 15.8. The summed E-state index contributed by atoms with van der Waals surface area (Å²) in [6, 6.07) is 13.1. The van der Waals surface area contributed by atoms with Crippen molar-refractivity contribution in [1.82, 2.24) is 9.97 Å². The van der Waals surface area contributed by atoms with Crippen molar-refractivity contribution in [1.29, 1.82) is 0 Å². The van der Waals surface area contributed by atoms with Crippen LogP contribution in [0.5, 0.6) is 5.75 Å². The number of anilines is 3. The summed E-state index contributed by atoms with van der Waals surface area (Å²) in [7, 11) is 1.56. The lowest BCUT2D eigenvalue weighted by molar-refractivity contribution is 0.102. The van der Waals surface area contributed by atoms with E-state index in [0.717, 1.165) is 16.8 Å². The van der Waals surface area contributed by atoms with E-state index >= 15 is 0 Å². The van der Waals surface area contributed by atoms with Gasteiger partial charge in [0.1, 0.15) is 23.6 Å². The molecule has 0 aliphatic carbocycles. The Labute approximate surface area is 158 Å². The molecule has 6 heteroatoms. The quantitative estimate of drug-likeness (QED) is 0.703. The zero-order chi connectivity index (χ0) is 19.4. The van der Waals surface area contributed by atoms with E-state index in [9.17, 15) is 4.79 Å². The molecular weight excluding hydrogens is 340 g/mol. The summed E-state index contributed by atoms with van der Waals surface area (Å²) < 4.78 is 5.26. The minimum absolute atomic E-state index is 0.265. The van der Waals surface area contributed by atoms with Crippen molar-refractivity contribution >= 4 is 23.1 Å². The molecular formula is C21H22N4O2. The number of hydrogen-bond acceptors (Lipinski definition) is 5. The highest BCUT2D eigenvalue weighted by molar-refractivity contribution is 6.04. The van der Waals surface area contributed by atoms with Gasteiger partial charge in [0, 0.05) is 11.8 Å². The number of carbonyl (C=O) groups excluding carboxylic acids is 1. The molecule has 0 fully saturated rings. The molecule has 0 unspecified atom stereocenters. The van der Waals surface area contributed by atoms with E-state index in [1.165, 1.54) is 11.9 Å². The van der Waals surface area contributed by atoms with Gasteiger partial charge in [-0.15, -0.1) is 0 Å². The lowest BCUT2D eigenvalue weighted by Gasteiger charge is -2.14. The maximum absolute atomic E-state index is 12.6. The SMILES string of the molecule is COc1ccccc1NC(=O)c1cc(Nc2c(C)cc(C)cc2C)ncn1. The normalized spacial score (nSPS) is 10.4. The van der Waals surface area contributed by atoms with Crippen LogP contribution >= 0.6 is 0 Å². The molecule has 0 bridgehead atoms. The predicted molar refractivity (Wildman–Crippen MR) is 107 cm³/mol. The van der Waals surface area contributed by atoms with Gasteiger partial charge in [0.25, 0.3) is 5.91 Å². The molecule has 1 heterocycles. The fraction of sp³-hybridized carbons (Fsp3) is 0.190. The number of para-hydroxylation sites is 2. The third-order valence-corrected chi connectivity index (χ3v) is 4.18. The maximum atomic E-state index is 12.6. The number of amides is 1. The predicted octanol–water partition coefficient (Wildman–Crippen LogP) is 4.41. The van der Waals surface area contributed by atoms with Gasteiger partial charge in [-0.3, -0.25) is 4.79 Å². The molecule has 138 valence electrons. The summed E-state index contributed by atoms with van der Waals surface area (Å²) in [6.07, 6.45) is 1.37. The maximum Gasteiger partial charge on any atom is 0.274 e. The average molecular weight is 362 g/mol. The number of aromatic nitrogens is 2. The Hall–Kier alpha value is -3.41. The highest BCUT2D eigenvalue weighted by Gasteiger charge is 2.13. The van der Waals surface area contributed by atoms with E-state index < -0.39 is 0 Å². The number of methoxy groups -OCH3 is 1. The Bertz CT molecular complexity index is 962. The molecule has 1 amide bonds. The smallest absolute Gasteiger partial charge is 0.274 e. The first-order valence-corrected chi connectivity index (χ1v) is 8.59. The highest BCUT2D eigenvalue weighted by Crippen LogP contribution is 2.26. The number of ether oxygens (including phenoxy) is 1. The Balaban J connectivity index is 1.82. The molecule has 6 nitrogen and oxygen atoms in total. The molecule has 0 saturated carbocycles. The van der Waals surface area contributed by atoms with Crippen molar-refractivity contribution in [3.8, 4) is 5.75 Å². The standard InChI is InChI=1S/C21H22N4O2/c1-13-9-14(2)20(15(3)10-13)25-19-11-17(22-12-23-19)21(26)24-16-7-5-6-8-18(16)27-4/h5-12H,1-4H3,(H,24,26)(H,22,23,25). The molecule has 2 N–H and O–H groups in total. The molecule has 0 saturated heterocycles. The number of rotatable bonds is 5. The first-order valence-electron chi connectivity index (χ1n) is 8.59. The molecule has 0 aliphatic heterocycles. The summed E-state index contributed by atoms with van der Waals surface area (Å²) in [5.41, 5.74) is 5.27. The van der Waals surface area contributed by atoms with E-state index in [0.29, 0.717) is 17.3 Å². The summed E-state index contributed by atoms with van der Waals surface area (Å²) >= 11 is 0. The van der Waals surface area contributed by atoms with Crippen LogP contribution in [0.25, 0.3) is 0 Å². The summed E-state index contributed by atoms with van der Waals surface area (Å²) in [5.74, 6) is 0.816. The summed E-state index contributed by atoms with van der Waals surface area (Å²) in [5, 5.41) is 6.11. The highest BCUT2D eigenvalue weighted by atomic mass is 16.5. The summed E-state index contributed by atoms with van der Waals surface area (Å²) in [4.78, 5) is 20.9. The van der Waals surface area contributed by atoms with Gasteiger partial charge in [0.15, 0.2) is 0 Å². The van der Waals surface area contributed by atoms with Gasteiger partial charge in [-0.05, 0) is 44.0 Å². The summed E-state index contributed by atoms with van der Waals surface area (Å²) in [6.45, 7) is 6.15. The first-order chi connectivity index (χ1) is 13.0. The lowest BCUT2D eigenvalue weighted by Crippen LogP contribution is -2.15. The largest absolute Gasteiger partial charge is 0.495 e. The average Bonchev–Trinajstić information content (AvgIpc) is 2.65. The van der Waals surface area contributed by atoms with Crippen LogP contribution in [0.1, 0.15) is 27.2 Å². The molecule has 3 aromatic rings. The molecule has 27 heavy (non-hydrogen) atoms. The van der Waals surface area contributed by atoms with Crippen molar-refractivity contribution in [2.75, 3.05) is 17.7 Å². The molecule has 0 atom stereocenters. The number of nitrogens with zero attached hydrogens (tertiary/aromatic N) is 2. The molecule has 2 aromatic carbocycles. The van der Waals surface area contributed by atoms with Gasteiger partial charge < -0.3 is 15.4 Å². The second-order valence-corrected chi connectivity index (χ2v) is 6.34.